The SMILES string of the molecule is CCCn1nncc1C(N)C1(OCC)CCCCC1. The van der Waals surface area contributed by atoms with Crippen LogP contribution in [0, 0.1) is 0 Å². The molecule has 0 bridgehead atoms. The summed E-state index contributed by atoms with van der Waals surface area (Å²) in [7, 11) is 0. The normalized spacial score (nSPS) is 20.4. The van der Waals surface area contributed by atoms with Gasteiger partial charge in [-0.05, 0) is 26.2 Å². The number of aromatic nitrogens is 3. The molecule has 2 N–H and O–H groups in total. The van der Waals surface area contributed by atoms with E-state index in [2.05, 4.69) is 17.2 Å². The molecule has 1 aromatic heterocycles. The second-order valence-corrected chi connectivity index (χ2v) is 5.42. The van der Waals surface area contributed by atoms with Crippen LogP contribution in [0.4, 0.5) is 0 Å². The molecule has 1 saturated carbocycles. The molecule has 2 rings (SSSR count). The molecule has 1 atom stereocenters. The van der Waals surface area contributed by atoms with E-state index in [1.165, 1.54) is 19.3 Å². The molecule has 0 aliphatic heterocycles. The van der Waals surface area contributed by atoms with E-state index in [1.807, 2.05) is 11.6 Å². The number of hydrogen-bond acceptors (Lipinski definition) is 4. The Morgan fingerprint density at radius 1 is 1.37 bits per heavy atom. The fraction of sp³-hybridized carbons (Fsp3) is 0.857. The van der Waals surface area contributed by atoms with E-state index >= 15 is 0 Å². The number of nitrogens with two attached hydrogens (primary N) is 1. The van der Waals surface area contributed by atoms with Gasteiger partial charge in [-0.3, -0.25) is 0 Å². The Bertz CT molecular complexity index is 379. The van der Waals surface area contributed by atoms with Crippen LogP contribution in [0.5, 0.6) is 0 Å². The average molecular weight is 266 g/mol. The maximum Gasteiger partial charge on any atom is 0.0889 e. The quantitative estimate of drug-likeness (QED) is 0.858. The molecular weight excluding hydrogens is 240 g/mol. The molecule has 5 nitrogen and oxygen atoms in total. The van der Waals surface area contributed by atoms with Gasteiger partial charge in [0.05, 0.1) is 23.5 Å². The average Bonchev–Trinajstić information content (AvgIpc) is 2.88. The Labute approximate surface area is 115 Å². The molecule has 1 fully saturated rings. The lowest BCUT2D eigenvalue weighted by Gasteiger charge is -2.41. The Morgan fingerprint density at radius 3 is 2.74 bits per heavy atom. The maximum atomic E-state index is 6.54. The molecule has 0 spiro atoms. The Kier molecular flexibility index (Phi) is 4.93. The third-order valence-corrected chi connectivity index (χ3v) is 4.10. The highest BCUT2D eigenvalue weighted by atomic mass is 16.5. The summed E-state index contributed by atoms with van der Waals surface area (Å²) >= 11 is 0. The van der Waals surface area contributed by atoms with Crippen molar-refractivity contribution in [2.24, 2.45) is 5.73 Å². The highest BCUT2D eigenvalue weighted by Gasteiger charge is 2.41. The minimum atomic E-state index is -0.222. The molecule has 1 aromatic rings. The van der Waals surface area contributed by atoms with Crippen molar-refractivity contribution in [2.75, 3.05) is 6.61 Å². The zero-order valence-corrected chi connectivity index (χ0v) is 12.1. The van der Waals surface area contributed by atoms with E-state index in [0.29, 0.717) is 6.61 Å². The smallest absolute Gasteiger partial charge is 0.0889 e. The first-order valence-corrected chi connectivity index (χ1v) is 7.51. The fourth-order valence-electron chi connectivity index (χ4n) is 3.14. The number of aryl methyl sites for hydroxylation is 1. The predicted octanol–water partition coefficient (Wildman–Crippen LogP) is 2.43. The third kappa shape index (κ3) is 2.98. The standard InChI is InChI=1S/C14H26N4O/c1-3-10-18-12(11-16-17-18)13(15)14(19-4-2)8-6-5-7-9-14/h11,13H,3-10,15H2,1-2H3. The summed E-state index contributed by atoms with van der Waals surface area (Å²) in [5, 5.41) is 8.17. The van der Waals surface area contributed by atoms with Crippen LogP contribution in [0.2, 0.25) is 0 Å². The van der Waals surface area contributed by atoms with Gasteiger partial charge in [0.1, 0.15) is 0 Å². The summed E-state index contributed by atoms with van der Waals surface area (Å²) in [6.07, 6.45) is 8.60. The number of nitrogens with zero attached hydrogens (tertiary/aromatic N) is 3. The van der Waals surface area contributed by atoms with Gasteiger partial charge in [0.25, 0.3) is 0 Å². The zero-order chi connectivity index (χ0) is 13.7. The fourth-order valence-corrected chi connectivity index (χ4v) is 3.14. The molecule has 0 aromatic carbocycles. The van der Waals surface area contributed by atoms with Crippen molar-refractivity contribution in [1.29, 1.82) is 0 Å². The predicted molar refractivity (Wildman–Crippen MR) is 74.7 cm³/mol. The van der Waals surface area contributed by atoms with E-state index in [9.17, 15) is 0 Å². The van der Waals surface area contributed by atoms with Gasteiger partial charge in [-0.2, -0.15) is 0 Å². The third-order valence-electron chi connectivity index (χ3n) is 4.10. The van der Waals surface area contributed by atoms with E-state index in [-0.39, 0.29) is 11.6 Å². The van der Waals surface area contributed by atoms with Crippen molar-refractivity contribution in [2.45, 2.75) is 70.6 Å². The first-order chi connectivity index (χ1) is 9.23. The van der Waals surface area contributed by atoms with Crippen molar-refractivity contribution in [1.82, 2.24) is 15.0 Å². The monoisotopic (exact) mass is 266 g/mol. The van der Waals surface area contributed by atoms with E-state index < -0.39 is 0 Å². The zero-order valence-electron chi connectivity index (χ0n) is 12.1. The molecule has 0 radical (unpaired) electrons. The summed E-state index contributed by atoms with van der Waals surface area (Å²) in [5.41, 5.74) is 7.33. The van der Waals surface area contributed by atoms with Crippen LogP contribution in [-0.2, 0) is 11.3 Å². The van der Waals surface area contributed by atoms with Crippen LogP contribution >= 0.6 is 0 Å². The van der Waals surface area contributed by atoms with Crippen LogP contribution in [0.3, 0.4) is 0 Å². The Balaban J connectivity index is 2.22. The van der Waals surface area contributed by atoms with Crippen molar-refractivity contribution < 1.29 is 4.74 Å². The summed E-state index contributed by atoms with van der Waals surface area (Å²) < 4.78 is 8.03. The largest absolute Gasteiger partial charge is 0.373 e. The summed E-state index contributed by atoms with van der Waals surface area (Å²) in [5.74, 6) is 0. The first kappa shape index (κ1) is 14.5. The van der Waals surface area contributed by atoms with Gasteiger partial charge in [0, 0.05) is 13.2 Å². The van der Waals surface area contributed by atoms with E-state index in [1.54, 1.807) is 6.20 Å². The lowest BCUT2D eigenvalue weighted by atomic mass is 9.78. The summed E-state index contributed by atoms with van der Waals surface area (Å²) in [6.45, 7) is 5.76. The van der Waals surface area contributed by atoms with E-state index in [0.717, 1.165) is 31.5 Å². The molecule has 0 saturated heterocycles. The Hall–Kier alpha value is -0.940. The summed E-state index contributed by atoms with van der Waals surface area (Å²) in [6, 6.07) is -0.130. The highest BCUT2D eigenvalue weighted by Crippen LogP contribution is 2.40. The topological polar surface area (TPSA) is 66.0 Å². The van der Waals surface area contributed by atoms with Crippen LogP contribution in [0.1, 0.15) is 64.1 Å². The maximum absolute atomic E-state index is 6.54. The van der Waals surface area contributed by atoms with Gasteiger partial charge < -0.3 is 10.5 Å². The second-order valence-electron chi connectivity index (χ2n) is 5.42. The molecule has 1 unspecified atom stereocenters. The van der Waals surface area contributed by atoms with Gasteiger partial charge in [0.15, 0.2) is 0 Å². The van der Waals surface area contributed by atoms with Gasteiger partial charge in [0.2, 0.25) is 0 Å². The molecule has 19 heavy (non-hydrogen) atoms. The van der Waals surface area contributed by atoms with Crippen molar-refractivity contribution in [3.8, 4) is 0 Å². The van der Waals surface area contributed by atoms with Crippen molar-refractivity contribution >= 4 is 0 Å². The van der Waals surface area contributed by atoms with Crippen LogP contribution in [0.25, 0.3) is 0 Å². The van der Waals surface area contributed by atoms with Crippen molar-refractivity contribution in [3.05, 3.63) is 11.9 Å². The molecule has 5 heteroatoms. The number of ether oxygens (including phenoxy) is 1. The van der Waals surface area contributed by atoms with Gasteiger partial charge in [-0.25, -0.2) is 4.68 Å². The lowest BCUT2D eigenvalue weighted by molar-refractivity contribution is -0.0846. The summed E-state index contributed by atoms with van der Waals surface area (Å²) in [4.78, 5) is 0. The van der Waals surface area contributed by atoms with Gasteiger partial charge in [-0.1, -0.05) is 31.4 Å². The molecule has 1 heterocycles. The van der Waals surface area contributed by atoms with Crippen LogP contribution in [-0.4, -0.2) is 27.2 Å². The van der Waals surface area contributed by atoms with Crippen molar-refractivity contribution in [3.63, 3.8) is 0 Å². The van der Waals surface area contributed by atoms with Crippen LogP contribution in [0.15, 0.2) is 6.20 Å². The molecule has 1 aliphatic carbocycles. The molecular formula is C14H26N4O. The number of rotatable bonds is 6. The molecule has 0 amide bonds. The van der Waals surface area contributed by atoms with Gasteiger partial charge in [-0.15, -0.1) is 5.10 Å². The number of hydrogen-bond donors (Lipinski definition) is 1. The lowest BCUT2D eigenvalue weighted by Crippen LogP contribution is -2.46. The Morgan fingerprint density at radius 2 is 2.11 bits per heavy atom. The first-order valence-electron chi connectivity index (χ1n) is 7.51. The molecule has 1 aliphatic rings. The minimum Gasteiger partial charge on any atom is -0.373 e. The minimum absolute atomic E-state index is 0.130. The molecule has 108 valence electrons. The van der Waals surface area contributed by atoms with E-state index in [4.69, 9.17) is 10.5 Å². The van der Waals surface area contributed by atoms with Crippen LogP contribution < -0.4 is 5.73 Å². The highest BCUT2D eigenvalue weighted by molar-refractivity contribution is 5.10. The second kappa shape index (κ2) is 6.48. The van der Waals surface area contributed by atoms with Gasteiger partial charge >= 0.3 is 0 Å².